The Kier molecular flexibility index (Phi) is 1.64. The monoisotopic (exact) mass is 111 g/mol. The number of hydrogen-bond donors (Lipinski definition) is 0. The molecule has 0 aliphatic rings. The molecule has 0 aliphatic carbocycles. The number of imidazole rings is 1. The molecule has 0 amide bonds. The van der Waals surface area contributed by atoms with Gasteiger partial charge < -0.3 is 9.30 Å². The van der Waals surface area contributed by atoms with Crippen LogP contribution in [0.25, 0.3) is 0 Å². The van der Waals surface area contributed by atoms with E-state index in [0.717, 1.165) is 0 Å². The van der Waals surface area contributed by atoms with Crippen molar-refractivity contribution in [3.63, 3.8) is 0 Å². The first-order valence-corrected chi connectivity index (χ1v) is 2.27. The molecule has 1 aromatic rings. The van der Waals surface area contributed by atoms with Gasteiger partial charge in [-0.15, -0.1) is 0 Å². The molecule has 1 radical (unpaired) electrons. The van der Waals surface area contributed by atoms with Gasteiger partial charge in [0.1, 0.15) is 0 Å². The summed E-state index contributed by atoms with van der Waals surface area (Å²) < 4.78 is 6.41. The summed E-state index contributed by atoms with van der Waals surface area (Å²) in [6.45, 7) is 1.56. The van der Waals surface area contributed by atoms with E-state index in [1.54, 1.807) is 37.1 Å². The number of nitrogens with zero attached hydrogens (tertiary/aromatic N) is 2. The number of rotatable bonds is 2. The fourth-order valence-corrected chi connectivity index (χ4v) is 0.453. The Hall–Kier alpha value is -0.830. The summed E-state index contributed by atoms with van der Waals surface area (Å²) in [5.74, 6) is 0. The maximum atomic E-state index is 4.68. The van der Waals surface area contributed by atoms with E-state index in [0.29, 0.717) is 0 Å². The second kappa shape index (κ2) is 2.47. The normalized spacial score (nSPS) is 9.62. The molecule has 0 N–H and O–H groups in total. The SMILES string of the molecule is CO[CH]n1ccnc1. The van der Waals surface area contributed by atoms with Gasteiger partial charge in [0.05, 0.1) is 6.33 Å². The van der Waals surface area contributed by atoms with Gasteiger partial charge in [-0.05, 0) is 0 Å². The average molecular weight is 111 g/mol. The van der Waals surface area contributed by atoms with Crippen molar-refractivity contribution in [1.82, 2.24) is 9.55 Å². The van der Waals surface area contributed by atoms with Crippen LogP contribution in [-0.2, 0) is 4.74 Å². The molecule has 0 fully saturated rings. The fourth-order valence-electron chi connectivity index (χ4n) is 0.453. The van der Waals surface area contributed by atoms with Crippen LogP contribution in [0.2, 0.25) is 0 Å². The van der Waals surface area contributed by atoms with E-state index in [1.807, 2.05) is 0 Å². The molecule has 0 spiro atoms. The van der Waals surface area contributed by atoms with Gasteiger partial charge >= 0.3 is 0 Å². The second-order valence-electron chi connectivity index (χ2n) is 1.35. The third-order valence-electron chi connectivity index (χ3n) is 0.752. The van der Waals surface area contributed by atoms with Crippen LogP contribution in [0.5, 0.6) is 0 Å². The molecule has 0 bridgehead atoms. The van der Waals surface area contributed by atoms with E-state index in [-0.39, 0.29) is 0 Å². The lowest BCUT2D eigenvalue weighted by molar-refractivity contribution is 0.254. The zero-order valence-corrected chi connectivity index (χ0v) is 4.61. The number of hydrogen-bond acceptors (Lipinski definition) is 2. The molecule has 0 unspecified atom stereocenters. The number of ether oxygens (including phenoxy) is 1. The predicted octanol–water partition coefficient (Wildman–Crippen LogP) is 0.497. The van der Waals surface area contributed by atoms with E-state index in [9.17, 15) is 0 Å². The van der Waals surface area contributed by atoms with E-state index < -0.39 is 0 Å². The summed E-state index contributed by atoms with van der Waals surface area (Å²) in [7, 11) is 1.60. The first-order chi connectivity index (χ1) is 3.93. The smallest absolute Gasteiger partial charge is 0.179 e. The summed E-state index contributed by atoms with van der Waals surface area (Å²) in [4.78, 5) is 3.79. The van der Waals surface area contributed by atoms with E-state index in [4.69, 9.17) is 0 Å². The highest BCUT2D eigenvalue weighted by atomic mass is 16.5. The Morgan fingerprint density at radius 2 is 2.62 bits per heavy atom. The molecule has 43 valence electrons. The minimum atomic E-state index is 1.56. The Morgan fingerprint density at radius 1 is 1.75 bits per heavy atom. The minimum absolute atomic E-state index is 1.56. The van der Waals surface area contributed by atoms with Crippen molar-refractivity contribution in [2.24, 2.45) is 0 Å². The largest absolute Gasteiger partial charge is 0.356 e. The second-order valence-corrected chi connectivity index (χ2v) is 1.35. The minimum Gasteiger partial charge on any atom is -0.356 e. The van der Waals surface area contributed by atoms with Crippen LogP contribution in [0, 0.1) is 6.73 Å². The lowest BCUT2D eigenvalue weighted by Crippen LogP contribution is -1.90. The van der Waals surface area contributed by atoms with Gasteiger partial charge in [-0.25, -0.2) is 4.98 Å². The van der Waals surface area contributed by atoms with Crippen molar-refractivity contribution in [3.8, 4) is 0 Å². The third-order valence-corrected chi connectivity index (χ3v) is 0.752. The van der Waals surface area contributed by atoms with Crippen LogP contribution in [0.1, 0.15) is 0 Å². The topological polar surface area (TPSA) is 27.1 Å². The fraction of sp³-hybridized carbons (Fsp3) is 0.200. The Bertz CT molecular complexity index is 136. The van der Waals surface area contributed by atoms with Crippen LogP contribution in [0.15, 0.2) is 18.7 Å². The van der Waals surface area contributed by atoms with Gasteiger partial charge in [0, 0.05) is 19.5 Å². The van der Waals surface area contributed by atoms with Gasteiger partial charge in [0.25, 0.3) is 0 Å². The molecule has 0 saturated heterocycles. The van der Waals surface area contributed by atoms with Crippen LogP contribution in [0.4, 0.5) is 0 Å². The molecule has 3 nitrogen and oxygen atoms in total. The first-order valence-electron chi connectivity index (χ1n) is 2.27. The Labute approximate surface area is 47.9 Å². The number of aromatic nitrogens is 2. The zero-order chi connectivity index (χ0) is 5.82. The van der Waals surface area contributed by atoms with Crippen molar-refractivity contribution in [1.29, 1.82) is 0 Å². The summed E-state index contributed by atoms with van der Waals surface area (Å²) in [5, 5.41) is 0. The van der Waals surface area contributed by atoms with E-state index in [2.05, 4.69) is 9.72 Å². The van der Waals surface area contributed by atoms with Crippen molar-refractivity contribution < 1.29 is 4.74 Å². The third kappa shape index (κ3) is 1.07. The highest BCUT2D eigenvalue weighted by Gasteiger charge is 1.83. The molecule has 0 saturated carbocycles. The van der Waals surface area contributed by atoms with Gasteiger partial charge in [0.2, 0.25) is 0 Å². The van der Waals surface area contributed by atoms with E-state index >= 15 is 0 Å². The highest BCUT2D eigenvalue weighted by Crippen LogP contribution is 1.85. The van der Waals surface area contributed by atoms with Crippen molar-refractivity contribution in [3.05, 3.63) is 25.5 Å². The quantitative estimate of drug-likeness (QED) is 0.555. The molecule has 8 heavy (non-hydrogen) atoms. The molecule has 0 aromatic carbocycles. The molecular weight excluding hydrogens is 104 g/mol. The molecule has 1 rings (SSSR count). The summed E-state index contributed by atoms with van der Waals surface area (Å²) in [6.07, 6.45) is 5.14. The van der Waals surface area contributed by atoms with Crippen molar-refractivity contribution >= 4 is 0 Å². The maximum Gasteiger partial charge on any atom is 0.179 e. The molecule has 1 aromatic heterocycles. The predicted molar refractivity (Wildman–Crippen MR) is 28.9 cm³/mol. The lowest BCUT2D eigenvalue weighted by atomic mass is 10.9. The average Bonchev–Trinajstić information content (AvgIpc) is 2.19. The first kappa shape index (κ1) is 5.31. The molecule has 3 heteroatoms. The van der Waals surface area contributed by atoms with Crippen molar-refractivity contribution in [2.75, 3.05) is 7.11 Å². The van der Waals surface area contributed by atoms with Gasteiger partial charge in [-0.2, -0.15) is 0 Å². The van der Waals surface area contributed by atoms with Gasteiger partial charge in [-0.3, -0.25) is 0 Å². The summed E-state index contributed by atoms with van der Waals surface area (Å²) >= 11 is 0. The Morgan fingerprint density at radius 3 is 3.12 bits per heavy atom. The summed E-state index contributed by atoms with van der Waals surface area (Å²) in [5.41, 5.74) is 0. The standard InChI is InChI=1S/C5H7N2O/c1-8-5-7-3-2-6-4-7/h2-5H,1H3. The number of methoxy groups -OCH3 is 1. The molecule has 1 heterocycles. The molecule has 0 aliphatic heterocycles. The van der Waals surface area contributed by atoms with Crippen LogP contribution < -0.4 is 0 Å². The highest BCUT2D eigenvalue weighted by molar-refractivity contribution is 4.77. The molecular formula is C5H7N2O. The van der Waals surface area contributed by atoms with Gasteiger partial charge in [-0.1, -0.05) is 0 Å². The lowest BCUT2D eigenvalue weighted by Gasteiger charge is -1.93. The maximum absolute atomic E-state index is 4.68. The van der Waals surface area contributed by atoms with Crippen molar-refractivity contribution in [2.45, 2.75) is 0 Å². The Balaban J connectivity index is 2.50. The zero-order valence-electron chi connectivity index (χ0n) is 4.61. The van der Waals surface area contributed by atoms with Gasteiger partial charge in [0.15, 0.2) is 6.73 Å². The molecule has 0 atom stereocenters. The summed E-state index contributed by atoms with van der Waals surface area (Å²) in [6, 6.07) is 0. The van der Waals surface area contributed by atoms with Crippen LogP contribution in [-0.4, -0.2) is 16.7 Å². The van der Waals surface area contributed by atoms with E-state index in [1.165, 1.54) is 0 Å². The van der Waals surface area contributed by atoms with Crippen LogP contribution in [0.3, 0.4) is 0 Å². The van der Waals surface area contributed by atoms with Crippen LogP contribution >= 0.6 is 0 Å².